The van der Waals surface area contributed by atoms with Gasteiger partial charge >= 0.3 is 0 Å². The molecule has 9 aromatic rings. The van der Waals surface area contributed by atoms with Crippen molar-refractivity contribution in [1.29, 1.82) is 0 Å². The molecule has 47 heavy (non-hydrogen) atoms. The largest absolute Gasteiger partial charge is 0.456 e. The van der Waals surface area contributed by atoms with Gasteiger partial charge in [-0.2, -0.15) is 0 Å². The average Bonchev–Trinajstić information content (AvgIpc) is 3.85. The summed E-state index contributed by atoms with van der Waals surface area (Å²) in [6.07, 6.45) is 0. The number of benzene rings is 7. The van der Waals surface area contributed by atoms with E-state index in [-0.39, 0.29) is 0 Å². The minimum Gasteiger partial charge on any atom is -0.456 e. The summed E-state index contributed by atoms with van der Waals surface area (Å²) in [6.45, 7) is 0. The van der Waals surface area contributed by atoms with Crippen molar-refractivity contribution >= 4 is 32.8 Å². The molecule has 218 valence electrons. The van der Waals surface area contributed by atoms with Crippen LogP contribution >= 0.6 is 0 Å². The summed E-state index contributed by atoms with van der Waals surface area (Å²) in [4.78, 5) is 0. The molecule has 2 aliphatic carbocycles. The number of hydrogen-bond acceptors (Lipinski definition) is 1. The second-order valence-corrected chi connectivity index (χ2v) is 12.8. The molecule has 2 heterocycles. The summed E-state index contributed by atoms with van der Waals surface area (Å²) >= 11 is 0. The Morgan fingerprint density at radius 1 is 0.447 bits per heavy atom. The molecule has 0 N–H and O–H groups in total. The molecule has 0 saturated carbocycles. The van der Waals surface area contributed by atoms with Crippen LogP contribution in [0, 0.1) is 0 Å². The van der Waals surface area contributed by atoms with Gasteiger partial charge in [0.05, 0.1) is 16.4 Å². The minimum absolute atomic E-state index is 0.434. The van der Waals surface area contributed by atoms with Crippen molar-refractivity contribution in [2.24, 2.45) is 0 Å². The maximum absolute atomic E-state index is 6.66. The molecule has 1 unspecified atom stereocenters. The third-order valence-electron chi connectivity index (χ3n) is 10.6. The summed E-state index contributed by atoms with van der Waals surface area (Å²) in [5.41, 5.74) is 15.6. The van der Waals surface area contributed by atoms with Gasteiger partial charge in [-0.15, -0.1) is 0 Å². The van der Waals surface area contributed by atoms with Crippen molar-refractivity contribution in [1.82, 2.24) is 4.57 Å². The molecule has 0 fully saturated rings. The van der Waals surface area contributed by atoms with Crippen molar-refractivity contribution in [2.75, 3.05) is 0 Å². The lowest BCUT2D eigenvalue weighted by atomic mass is 9.70. The first-order chi connectivity index (χ1) is 23.3. The van der Waals surface area contributed by atoms with E-state index in [9.17, 15) is 0 Å². The molecule has 2 aromatic heterocycles. The Hall–Kier alpha value is -6.12. The molecule has 0 spiro atoms. The van der Waals surface area contributed by atoms with Gasteiger partial charge in [0.25, 0.3) is 0 Å². The van der Waals surface area contributed by atoms with Crippen LogP contribution in [0.15, 0.2) is 168 Å². The molecule has 2 heteroatoms. The smallest absolute Gasteiger partial charge is 0.140 e. The number of furan rings is 1. The normalized spacial score (nSPS) is 15.7. The Kier molecular flexibility index (Phi) is 4.80. The standard InChI is InChI=1S/C45H27NO/c1-2-11-31(12-3-1)46-39-19-8-5-14-33(39)37-27-29(23-26-40(37)46)28-21-24-30(25-22-28)45-38-18-7-4-13-32(38)34-16-10-17-36(42(34)45)44-43(45)35-15-6-9-20-41(35)47-44/h1-27H. The van der Waals surface area contributed by atoms with Gasteiger partial charge in [-0.25, -0.2) is 0 Å². The van der Waals surface area contributed by atoms with Crippen LogP contribution < -0.4 is 0 Å². The highest BCUT2D eigenvalue weighted by Crippen LogP contribution is 2.66. The third kappa shape index (κ3) is 3.10. The van der Waals surface area contributed by atoms with Crippen molar-refractivity contribution in [3.63, 3.8) is 0 Å². The highest BCUT2D eigenvalue weighted by molar-refractivity contribution is 6.10. The summed E-state index contributed by atoms with van der Waals surface area (Å²) in [5.74, 6) is 1.00. The lowest BCUT2D eigenvalue weighted by Gasteiger charge is -2.30. The molecule has 0 saturated heterocycles. The predicted molar refractivity (Wildman–Crippen MR) is 192 cm³/mol. The van der Waals surface area contributed by atoms with Crippen LogP contribution in [0.25, 0.3) is 72.0 Å². The van der Waals surface area contributed by atoms with Gasteiger partial charge in [-0.3, -0.25) is 0 Å². The van der Waals surface area contributed by atoms with E-state index >= 15 is 0 Å². The summed E-state index contributed by atoms with van der Waals surface area (Å²) in [7, 11) is 0. The van der Waals surface area contributed by atoms with Gasteiger partial charge < -0.3 is 8.98 Å². The number of rotatable bonds is 3. The second-order valence-electron chi connectivity index (χ2n) is 12.8. The molecule has 2 nitrogen and oxygen atoms in total. The molecular formula is C45H27NO. The van der Waals surface area contributed by atoms with Crippen LogP contribution in [0.4, 0.5) is 0 Å². The van der Waals surface area contributed by atoms with Crippen LogP contribution in [0.3, 0.4) is 0 Å². The molecule has 11 rings (SSSR count). The fraction of sp³-hybridized carbons (Fsp3) is 0.0222. The quantitative estimate of drug-likeness (QED) is 0.198. The van der Waals surface area contributed by atoms with E-state index in [1.807, 2.05) is 0 Å². The second kappa shape index (κ2) is 8.99. The molecule has 2 aliphatic rings. The number of fused-ring (bicyclic) bond motifs is 11. The highest BCUT2D eigenvalue weighted by atomic mass is 16.3. The first kappa shape index (κ1) is 25.1. The van der Waals surface area contributed by atoms with Gasteiger partial charge in [0.2, 0.25) is 0 Å². The maximum atomic E-state index is 6.66. The molecular weight excluding hydrogens is 571 g/mol. The maximum Gasteiger partial charge on any atom is 0.140 e. The number of nitrogens with zero attached hydrogens (tertiary/aromatic N) is 1. The molecule has 7 aromatic carbocycles. The molecule has 0 radical (unpaired) electrons. The Morgan fingerprint density at radius 3 is 2.02 bits per heavy atom. The van der Waals surface area contributed by atoms with Gasteiger partial charge in [-0.1, -0.05) is 127 Å². The average molecular weight is 598 g/mol. The minimum atomic E-state index is -0.434. The van der Waals surface area contributed by atoms with E-state index in [1.54, 1.807) is 0 Å². The molecule has 0 amide bonds. The first-order valence-corrected chi connectivity index (χ1v) is 16.3. The SMILES string of the molecule is c1ccc(-n2c3ccccc3c3cc(-c4ccc(C56c7ccccc7-c7cccc(c75)-c5oc7ccccc7c56)cc4)ccc32)cc1. The Labute approximate surface area is 271 Å². The highest BCUT2D eigenvalue weighted by Gasteiger charge is 2.55. The number of hydrogen-bond donors (Lipinski definition) is 0. The van der Waals surface area contributed by atoms with E-state index < -0.39 is 5.41 Å². The monoisotopic (exact) mass is 597 g/mol. The van der Waals surface area contributed by atoms with E-state index in [4.69, 9.17) is 4.42 Å². The van der Waals surface area contributed by atoms with Crippen molar-refractivity contribution in [3.05, 3.63) is 186 Å². The third-order valence-corrected chi connectivity index (χ3v) is 10.6. The zero-order chi connectivity index (χ0) is 30.7. The van der Waals surface area contributed by atoms with Crippen molar-refractivity contribution < 1.29 is 4.42 Å². The van der Waals surface area contributed by atoms with Crippen LogP contribution in [0.5, 0.6) is 0 Å². The number of para-hydroxylation sites is 3. The Balaban J connectivity index is 1.12. The van der Waals surface area contributed by atoms with Crippen LogP contribution in [-0.2, 0) is 5.41 Å². The van der Waals surface area contributed by atoms with Gasteiger partial charge in [0.1, 0.15) is 11.3 Å². The van der Waals surface area contributed by atoms with Gasteiger partial charge in [0.15, 0.2) is 0 Å². The molecule has 0 aliphatic heterocycles. The summed E-state index contributed by atoms with van der Waals surface area (Å²) in [6, 6.07) is 59.8. The fourth-order valence-electron chi connectivity index (χ4n) is 8.78. The lowest BCUT2D eigenvalue weighted by molar-refractivity contribution is 0.628. The van der Waals surface area contributed by atoms with E-state index in [1.165, 1.54) is 83.0 Å². The van der Waals surface area contributed by atoms with Crippen molar-refractivity contribution in [3.8, 4) is 39.3 Å². The molecule has 1 atom stereocenters. The lowest BCUT2D eigenvalue weighted by Crippen LogP contribution is -2.26. The molecule has 0 bridgehead atoms. The first-order valence-electron chi connectivity index (χ1n) is 16.3. The Bertz CT molecular complexity index is 2730. The zero-order valence-electron chi connectivity index (χ0n) is 25.4. The zero-order valence-corrected chi connectivity index (χ0v) is 25.4. The van der Waals surface area contributed by atoms with Crippen LogP contribution in [-0.4, -0.2) is 4.57 Å². The van der Waals surface area contributed by atoms with Crippen LogP contribution in [0.2, 0.25) is 0 Å². The fourth-order valence-corrected chi connectivity index (χ4v) is 8.78. The predicted octanol–water partition coefficient (Wildman–Crippen LogP) is 11.5. The van der Waals surface area contributed by atoms with E-state index in [2.05, 4.69) is 168 Å². The van der Waals surface area contributed by atoms with E-state index in [0.717, 1.165) is 11.3 Å². The summed E-state index contributed by atoms with van der Waals surface area (Å²) < 4.78 is 9.03. The summed E-state index contributed by atoms with van der Waals surface area (Å²) in [5, 5.41) is 3.71. The van der Waals surface area contributed by atoms with E-state index in [0.29, 0.717) is 0 Å². The van der Waals surface area contributed by atoms with Gasteiger partial charge in [0, 0.05) is 33.0 Å². The number of aromatic nitrogens is 1. The van der Waals surface area contributed by atoms with Gasteiger partial charge in [-0.05, 0) is 75.3 Å². The van der Waals surface area contributed by atoms with Crippen molar-refractivity contribution in [2.45, 2.75) is 5.41 Å². The van der Waals surface area contributed by atoms with Crippen LogP contribution in [0.1, 0.15) is 22.3 Å². The topological polar surface area (TPSA) is 18.1 Å². The Morgan fingerprint density at radius 2 is 1.13 bits per heavy atom.